The van der Waals surface area contributed by atoms with Crippen molar-refractivity contribution in [2.45, 2.75) is 26.8 Å². The smallest absolute Gasteiger partial charge is 0.276 e. The van der Waals surface area contributed by atoms with Crippen LogP contribution in [0.4, 0.5) is 0 Å². The molecule has 0 atom stereocenters. The highest BCUT2D eigenvalue weighted by molar-refractivity contribution is 5.93. The van der Waals surface area contributed by atoms with Crippen molar-refractivity contribution in [1.29, 1.82) is 0 Å². The van der Waals surface area contributed by atoms with Crippen LogP contribution in [-0.2, 0) is 6.54 Å². The molecule has 150 valence electrons. The minimum absolute atomic E-state index is 0.0255. The first kappa shape index (κ1) is 19.3. The van der Waals surface area contributed by atoms with Gasteiger partial charge in [0.2, 0.25) is 0 Å². The molecule has 1 aliphatic rings. The summed E-state index contributed by atoms with van der Waals surface area (Å²) in [4.78, 5) is 19.0. The van der Waals surface area contributed by atoms with Crippen molar-refractivity contribution in [2.75, 3.05) is 26.2 Å². The van der Waals surface area contributed by atoms with Crippen molar-refractivity contribution in [2.24, 2.45) is 0 Å². The number of benzene rings is 2. The Kier molecular flexibility index (Phi) is 5.71. The number of para-hydroxylation sites is 1. The largest absolute Gasteiger partial charge is 0.336 e. The number of amides is 1. The molecule has 3 aromatic rings. The second-order valence-electron chi connectivity index (χ2n) is 7.61. The second-order valence-corrected chi connectivity index (χ2v) is 7.61. The molecule has 2 aromatic carbocycles. The topological polar surface area (TPSA) is 54.3 Å². The van der Waals surface area contributed by atoms with E-state index in [4.69, 9.17) is 0 Å². The van der Waals surface area contributed by atoms with Crippen LogP contribution < -0.4 is 0 Å². The van der Waals surface area contributed by atoms with E-state index >= 15 is 0 Å². The third-order valence-corrected chi connectivity index (χ3v) is 5.50. The van der Waals surface area contributed by atoms with E-state index in [0.29, 0.717) is 17.9 Å². The second kappa shape index (κ2) is 8.57. The number of aromatic nitrogens is 3. The molecular formula is C23H27N5O. The molecular weight excluding hydrogens is 362 g/mol. The van der Waals surface area contributed by atoms with E-state index in [1.165, 1.54) is 11.1 Å². The van der Waals surface area contributed by atoms with Gasteiger partial charge in [0.15, 0.2) is 5.69 Å². The molecule has 0 spiro atoms. The van der Waals surface area contributed by atoms with Crippen LogP contribution in [0.25, 0.3) is 5.69 Å². The molecule has 4 rings (SSSR count). The van der Waals surface area contributed by atoms with E-state index in [2.05, 4.69) is 46.3 Å². The maximum absolute atomic E-state index is 13.1. The van der Waals surface area contributed by atoms with E-state index in [0.717, 1.165) is 38.3 Å². The maximum Gasteiger partial charge on any atom is 0.276 e. The Labute approximate surface area is 171 Å². The molecule has 0 radical (unpaired) electrons. The van der Waals surface area contributed by atoms with Crippen LogP contribution in [0.15, 0.2) is 54.6 Å². The Morgan fingerprint density at radius 1 is 0.897 bits per heavy atom. The van der Waals surface area contributed by atoms with Crippen molar-refractivity contribution in [1.82, 2.24) is 24.8 Å². The van der Waals surface area contributed by atoms with Gasteiger partial charge in [-0.2, -0.15) is 9.90 Å². The fourth-order valence-electron chi connectivity index (χ4n) is 3.76. The Morgan fingerprint density at radius 3 is 2.45 bits per heavy atom. The summed E-state index contributed by atoms with van der Waals surface area (Å²) in [6, 6.07) is 18.2. The molecule has 0 saturated carbocycles. The number of nitrogens with zero attached hydrogens (tertiary/aromatic N) is 5. The highest BCUT2D eigenvalue weighted by Crippen LogP contribution is 2.15. The van der Waals surface area contributed by atoms with Gasteiger partial charge in [0.05, 0.1) is 11.4 Å². The zero-order valence-electron chi connectivity index (χ0n) is 17.1. The van der Waals surface area contributed by atoms with Gasteiger partial charge in [0.1, 0.15) is 0 Å². The molecule has 1 saturated heterocycles. The van der Waals surface area contributed by atoms with Crippen LogP contribution in [-0.4, -0.2) is 56.9 Å². The highest BCUT2D eigenvalue weighted by Gasteiger charge is 2.25. The number of hydrogen-bond acceptors (Lipinski definition) is 4. The molecule has 0 bridgehead atoms. The summed E-state index contributed by atoms with van der Waals surface area (Å²) in [5.74, 6) is -0.0255. The van der Waals surface area contributed by atoms with E-state index in [-0.39, 0.29) is 5.91 Å². The Morgan fingerprint density at radius 2 is 1.66 bits per heavy atom. The zero-order chi connectivity index (χ0) is 20.2. The molecule has 1 aromatic heterocycles. The molecule has 6 heteroatoms. The number of rotatable bonds is 4. The van der Waals surface area contributed by atoms with Crippen molar-refractivity contribution in [3.8, 4) is 5.69 Å². The van der Waals surface area contributed by atoms with Gasteiger partial charge < -0.3 is 4.90 Å². The van der Waals surface area contributed by atoms with Gasteiger partial charge in [-0.25, -0.2) is 0 Å². The fraction of sp³-hybridized carbons (Fsp3) is 0.348. The lowest BCUT2D eigenvalue weighted by molar-refractivity contribution is 0.0754. The van der Waals surface area contributed by atoms with Gasteiger partial charge >= 0.3 is 0 Å². The van der Waals surface area contributed by atoms with Crippen molar-refractivity contribution >= 4 is 5.91 Å². The van der Waals surface area contributed by atoms with Gasteiger partial charge in [-0.1, -0.05) is 42.5 Å². The maximum atomic E-state index is 13.1. The summed E-state index contributed by atoms with van der Waals surface area (Å²) in [6.07, 6.45) is 0.962. The summed E-state index contributed by atoms with van der Waals surface area (Å²) in [7, 11) is 0. The van der Waals surface area contributed by atoms with Gasteiger partial charge in [0.25, 0.3) is 5.91 Å². The zero-order valence-corrected chi connectivity index (χ0v) is 17.1. The molecule has 29 heavy (non-hydrogen) atoms. The van der Waals surface area contributed by atoms with E-state index in [9.17, 15) is 4.79 Å². The number of carbonyl (C=O) groups is 1. The normalized spacial score (nSPS) is 15.3. The lowest BCUT2D eigenvalue weighted by Crippen LogP contribution is -2.35. The first-order valence-electron chi connectivity index (χ1n) is 10.2. The van der Waals surface area contributed by atoms with Gasteiger partial charge in [0, 0.05) is 32.7 Å². The third-order valence-electron chi connectivity index (χ3n) is 5.50. The van der Waals surface area contributed by atoms with Gasteiger partial charge in [-0.15, -0.1) is 5.10 Å². The average molecular weight is 390 g/mol. The predicted molar refractivity (Wildman–Crippen MR) is 113 cm³/mol. The molecule has 2 heterocycles. The summed E-state index contributed by atoms with van der Waals surface area (Å²) in [5.41, 5.74) is 4.64. The Balaban J connectivity index is 1.44. The molecule has 0 unspecified atom stereocenters. The van der Waals surface area contributed by atoms with Crippen molar-refractivity contribution in [3.05, 3.63) is 77.1 Å². The molecule has 1 aliphatic heterocycles. The molecule has 6 nitrogen and oxygen atoms in total. The van der Waals surface area contributed by atoms with Crippen LogP contribution in [0.3, 0.4) is 0 Å². The quantitative estimate of drug-likeness (QED) is 0.687. The highest BCUT2D eigenvalue weighted by atomic mass is 16.2. The third kappa shape index (κ3) is 4.38. The minimum atomic E-state index is -0.0255. The lowest BCUT2D eigenvalue weighted by Gasteiger charge is -2.22. The van der Waals surface area contributed by atoms with Crippen molar-refractivity contribution in [3.63, 3.8) is 0 Å². The monoisotopic (exact) mass is 389 g/mol. The van der Waals surface area contributed by atoms with Crippen LogP contribution in [0.5, 0.6) is 0 Å². The van der Waals surface area contributed by atoms with E-state index < -0.39 is 0 Å². The summed E-state index contributed by atoms with van der Waals surface area (Å²) >= 11 is 0. The van der Waals surface area contributed by atoms with E-state index in [1.54, 1.807) is 4.80 Å². The summed E-state index contributed by atoms with van der Waals surface area (Å²) in [5, 5.41) is 8.93. The first-order valence-corrected chi connectivity index (χ1v) is 10.2. The fourth-order valence-corrected chi connectivity index (χ4v) is 3.76. The summed E-state index contributed by atoms with van der Waals surface area (Å²) < 4.78 is 0. The molecule has 0 N–H and O–H groups in total. The van der Waals surface area contributed by atoms with Crippen molar-refractivity contribution < 1.29 is 4.79 Å². The lowest BCUT2D eigenvalue weighted by atomic mass is 10.1. The Bertz CT molecular complexity index is 982. The molecule has 1 fully saturated rings. The summed E-state index contributed by atoms with van der Waals surface area (Å²) in [6.45, 7) is 8.25. The number of hydrogen-bond donors (Lipinski definition) is 0. The predicted octanol–water partition coefficient (Wildman–Crippen LogP) is 3.23. The van der Waals surface area contributed by atoms with Gasteiger partial charge in [-0.3, -0.25) is 9.69 Å². The van der Waals surface area contributed by atoms with Gasteiger partial charge in [-0.05, 0) is 43.5 Å². The average Bonchev–Trinajstić information content (AvgIpc) is 2.98. The molecule has 1 amide bonds. The number of carbonyl (C=O) groups excluding carboxylic acids is 1. The molecule has 0 aliphatic carbocycles. The first-order chi connectivity index (χ1) is 14.1. The Hall–Kier alpha value is -2.99. The van der Waals surface area contributed by atoms with Crippen LogP contribution >= 0.6 is 0 Å². The van der Waals surface area contributed by atoms with Crippen LogP contribution in [0.2, 0.25) is 0 Å². The minimum Gasteiger partial charge on any atom is -0.336 e. The van der Waals surface area contributed by atoms with E-state index in [1.807, 2.05) is 42.2 Å². The number of aryl methyl sites for hydroxylation is 2. The SMILES string of the molecule is Cc1ccccc1CN1CCCN(C(=O)c2nn(-c3ccccc3)nc2C)CC1. The van der Waals surface area contributed by atoms with Crippen LogP contribution in [0, 0.1) is 13.8 Å². The standard InChI is InChI=1S/C23H27N5O/c1-18-9-6-7-10-20(18)17-26-13-8-14-27(16-15-26)23(29)22-19(2)24-28(25-22)21-11-4-3-5-12-21/h3-7,9-12H,8,13-17H2,1-2H3. The van der Waals surface area contributed by atoms with Crippen LogP contribution in [0.1, 0.15) is 33.7 Å².